The van der Waals surface area contributed by atoms with E-state index in [1.165, 1.54) is 37.9 Å². The van der Waals surface area contributed by atoms with Gasteiger partial charge in [-0.15, -0.1) is 11.6 Å². The van der Waals surface area contributed by atoms with Crippen LogP contribution in [0.25, 0.3) is 0 Å². The predicted octanol–water partition coefficient (Wildman–Crippen LogP) is 4.81. The second kappa shape index (κ2) is 6.09. The van der Waals surface area contributed by atoms with Crippen LogP contribution in [0.2, 0.25) is 0 Å². The molecule has 114 valence electrons. The van der Waals surface area contributed by atoms with Crippen LogP contribution in [0, 0.1) is 16.7 Å². The molecule has 1 fully saturated rings. The molecule has 1 saturated carbocycles. The van der Waals surface area contributed by atoms with Crippen LogP contribution in [-0.2, 0) is 13.5 Å². The molecule has 2 nitrogen and oxygen atoms in total. The number of aryl methyl sites for hydroxylation is 2. The lowest BCUT2D eigenvalue weighted by atomic mass is 9.63. The van der Waals surface area contributed by atoms with Gasteiger partial charge in [-0.05, 0) is 48.9 Å². The molecule has 0 spiro atoms. The summed E-state index contributed by atoms with van der Waals surface area (Å²) in [5.74, 6) is 2.84. The minimum absolute atomic E-state index is 0.343. The maximum Gasteiger partial charge on any atom is 0.108 e. The molecule has 1 heterocycles. The zero-order valence-electron chi connectivity index (χ0n) is 13.5. The van der Waals surface area contributed by atoms with Gasteiger partial charge < -0.3 is 4.57 Å². The Morgan fingerprint density at radius 3 is 2.45 bits per heavy atom. The molecule has 1 aromatic rings. The number of imidazole rings is 1. The smallest absolute Gasteiger partial charge is 0.108 e. The van der Waals surface area contributed by atoms with E-state index in [0.29, 0.717) is 10.8 Å². The highest BCUT2D eigenvalue weighted by atomic mass is 35.5. The molecule has 0 atom stereocenters. The summed E-state index contributed by atoms with van der Waals surface area (Å²) in [6, 6.07) is 0. The van der Waals surface area contributed by atoms with E-state index in [4.69, 9.17) is 11.6 Å². The summed E-state index contributed by atoms with van der Waals surface area (Å²) in [7, 11) is 2.08. The third-order valence-corrected chi connectivity index (χ3v) is 5.92. The van der Waals surface area contributed by atoms with Gasteiger partial charge >= 0.3 is 0 Å². The SMILES string of the molecule is Cn1ccnc1CCC1(CCl)CCC(C(C)(C)C)CC1. The number of rotatable bonds is 4. The highest BCUT2D eigenvalue weighted by molar-refractivity contribution is 6.18. The lowest BCUT2D eigenvalue weighted by Crippen LogP contribution is -2.34. The maximum atomic E-state index is 6.35. The van der Waals surface area contributed by atoms with Crippen molar-refractivity contribution in [2.24, 2.45) is 23.8 Å². The monoisotopic (exact) mass is 296 g/mol. The quantitative estimate of drug-likeness (QED) is 0.729. The van der Waals surface area contributed by atoms with Gasteiger partial charge in [0.2, 0.25) is 0 Å². The number of nitrogens with zero attached hydrogens (tertiary/aromatic N) is 2. The Labute approximate surface area is 128 Å². The average molecular weight is 297 g/mol. The van der Waals surface area contributed by atoms with Gasteiger partial charge in [-0.3, -0.25) is 0 Å². The van der Waals surface area contributed by atoms with Gasteiger partial charge in [0, 0.05) is 31.7 Å². The van der Waals surface area contributed by atoms with E-state index in [1.807, 2.05) is 12.4 Å². The number of hydrogen-bond donors (Lipinski definition) is 0. The minimum atomic E-state index is 0.343. The van der Waals surface area contributed by atoms with E-state index < -0.39 is 0 Å². The molecule has 0 aromatic carbocycles. The first kappa shape index (κ1) is 15.9. The topological polar surface area (TPSA) is 17.8 Å². The van der Waals surface area contributed by atoms with Crippen molar-refractivity contribution >= 4 is 11.6 Å². The van der Waals surface area contributed by atoms with Crippen LogP contribution >= 0.6 is 11.6 Å². The van der Waals surface area contributed by atoms with Crippen LogP contribution in [0.3, 0.4) is 0 Å². The molecule has 2 rings (SSSR count). The number of aromatic nitrogens is 2. The van der Waals surface area contributed by atoms with Crippen molar-refractivity contribution in [3.63, 3.8) is 0 Å². The van der Waals surface area contributed by atoms with Crippen LogP contribution in [0.1, 0.15) is 58.7 Å². The average Bonchev–Trinajstić information content (AvgIpc) is 2.81. The summed E-state index contributed by atoms with van der Waals surface area (Å²) in [6.07, 6.45) is 11.4. The van der Waals surface area contributed by atoms with Crippen LogP contribution in [0.5, 0.6) is 0 Å². The van der Waals surface area contributed by atoms with Gasteiger partial charge in [0.15, 0.2) is 0 Å². The maximum absolute atomic E-state index is 6.35. The molecule has 1 aromatic heterocycles. The Hall–Kier alpha value is -0.500. The van der Waals surface area contributed by atoms with E-state index in [2.05, 4.69) is 37.4 Å². The van der Waals surface area contributed by atoms with Crippen molar-refractivity contribution in [1.82, 2.24) is 9.55 Å². The third-order valence-electron chi connectivity index (χ3n) is 5.35. The van der Waals surface area contributed by atoms with Gasteiger partial charge in [0.1, 0.15) is 5.82 Å². The van der Waals surface area contributed by atoms with Gasteiger partial charge in [-0.2, -0.15) is 0 Å². The summed E-state index contributed by atoms with van der Waals surface area (Å²) in [5, 5.41) is 0. The fourth-order valence-electron chi connectivity index (χ4n) is 3.56. The van der Waals surface area contributed by atoms with Crippen molar-refractivity contribution in [2.75, 3.05) is 5.88 Å². The second-order valence-electron chi connectivity index (χ2n) is 7.73. The normalized spacial score (nSPS) is 27.8. The van der Waals surface area contributed by atoms with Gasteiger partial charge in [-0.25, -0.2) is 4.98 Å². The number of halogens is 1. The summed E-state index contributed by atoms with van der Waals surface area (Å²) in [6.45, 7) is 7.12. The molecule has 0 unspecified atom stereocenters. The highest BCUT2D eigenvalue weighted by Crippen LogP contribution is 2.47. The number of hydrogen-bond acceptors (Lipinski definition) is 1. The molecule has 1 aliphatic rings. The van der Waals surface area contributed by atoms with Crippen molar-refractivity contribution in [3.05, 3.63) is 18.2 Å². The van der Waals surface area contributed by atoms with Gasteiger partial charge in [0.05, 0.1) is 0 Å². The van der Waals surface area contributed by atoms with E-state index in [9.17, 15) is 0 Å². The van der Waals surface area contributed by atoms with E-state index in [0.717, 1.165) is 18.2 Å². The zero-order valence-corrected chi connectivity index (χ0v) is 14.2. The second-order valence-corrected chi connectivity index (χ2v) is 8.00. The molecule has 0 N–H and O–H groups in total. The molecule has 1 aliphatic carbocycles. The molecular weight excluding hydrogens is 268 g/mol. The Kier molecular flexibility index (Phi) is 4.84. The summed E-state index contributed by atoms with van der Waals surface area (Å²) in [5.41, 5.74) is 0.785. The lowest BCUT2D eigenvalue weighted by Gasteiger charge is -2.43. The first-order valence-corrected chi connectivity index (χ1v) is 8.42. The van der Waals surface area contributed by atoms with Crippen LogP contribution in [0.15, 0.2) is 12.4 Å². The highest BCUT2D eigenvalue weighted by Gasteiger charge is 2.38. The van der Waals surface area contributed by atoms with E-state index in [-0.39, 0.29) is 0 Å². The molecule has 0 aliphatic heterocycles. The van der Waals surface area contributed by atoms with Crippen LogP contribution in [0.4, 0.5) is 0 Å². The van der Waals surface area contributed by atoms with E-state index >= 15 is 0 Å². The van der Waals surface area contributed by atoms with Crippen LogP contribution < -0.4 is 0 Å². The van der Waals surface area contributed by atoms with Crippen LogP contribution in [-0.4, -0.2) is 15.4 Å². The number of alkyl halides is 1. The van der Waals surface area contributed by atoms with Gasteiger partial charge in [0.25, 0.3) is 0 Å². The fourth-order valence-corrected chi connectivity index (χ4v) is 3.96. The lowest BCUT2D eigenvalue weighted by molar-refractivity contribution is 0.0954. The summed E-state index contributed by atoms with van der Waals surface area (Å²) < 4.78 is 2.13. The molecule has 0 radical (unpaired) electrons. The standard InChI is InChI=1S/C17H29ClN2/c1-16(2,3)14-5-8-17(13-18,9-6-14)10-7-15-19-11-12-20(15)4/h11-12,14H,5-10,13H2,1-4H3. The molecule has 0 amide bonds. The molecule has 0 bridgehead atoms. The zero-order chi connectivity index (χ0) is 14.8. The fraction of sp³-hybridized carbons (Fsp3) is 0.824. The Bertz CT molecular complexity index is 422. The van der Waals surface area contributed by atoms with Crippen molar-refractivity contribution in [3.8, 4) is 0 Å². The largest absolute Gasteiger partial charge is 0.338 e. The molecule has 0 saturated heterocycles. The molecule has 20 heavy (non-hydrogen) atoms. The summed E-state index contributed by atoms with van der Waals surface area (Å²) >= 11 is 6.35. The van der Waals surface area contributed by atoms with Crippen molar-refractivity contribution in [1.29, 1.82) is 0 Å². The first-order chi connectivity index (χ1) is 9.36. The predicted molar refractivity (Wildman–Crippen MR) is 86.1 cm³/mol. The Balaban J connectivity index is 1.93. The third kappa shape index (κ3) is 3.58. The first-order valence-electron chi connectivity index (χ1n) is 7.88. The minimum Gasteiger partial charge on any atom is -0.338 e. The Morgan fingerprint density at radius 2 is 2.00 bits per heavy atom. The Morgan fingerprint density at radius 1 is 1.35 bits per heavy atom. The van der Waals surface area contributed by atoms with Crippen molar-refractivity contribution < 1.29 is 0 Å². The van der Waals surface area contributed by atoms with E-state index in [1.54, 1.807) is 0 Å². The van der Waals surface area contributed by atoms with Crippen molar-refractivity contribution in [2.45, 2.75) is 59.3 Å². The molecule has 3 heteroatoms. The summed E-state index contributed by atoms with van der Waals surface area (Å²) in [4.78, 5) is 4.44. The van der Waals surface area contributed by atoms with Gasteiger partial charge in [-0.1, -0.05) is 20.8 Å². The molecular formula is C17H29ClN2.